The summed E-state index contributed by atoms with van der Waals surface area (Å²) < 4.78 is 32.8. The summed E-state index contributed by atoms with van der Waals surface area (Å²) in [6, 6.07) is 0. The Balaban J connectivity index is 4.00. The van der Waals surface area contributed by atoms with Crippen LogP contribution in [0.15, 0.2) is 0 Å². The largest absolute Gasteiger partial charge is 0.466 e. The van der Waals surface area contributed by atoms with Crippen molar-refractivity contribution in [3.63, 3.8) is 0 Å². The Morgan fingerprint density at radius 2 is 0.576 bits per heavy atom. The van der Waals surface area contributed by atoms with Crippen molar-refractivity contribution in [1.82, 2.24) is 0 Å². The first-order chi connectivity index (χ1) is 28.4. The highest BCUT2D eigenvalue weighted by molar-refractivity contribution is 5.70. The topological polar surface area (TPSA) is 158 Å². The number of esters is 6. The van der Waals surface area contributed by atoms with Crippen molar-refractivity contribution in [2.24, 2.45) is 0 Å². The normalized spacial score (nSPS) is 13.1. The maximum atomic E-state index is 12.1. The van der Waals surface area contributed by atoms with Crippen LogP contribution in [0.3, 0.4) is 0 Å². The lowest BCUT2D eigenvalue weighted by Gasteiger charge is -2.21. The molecule has 0 aromatic rings. The van der Waals surface area contributed by atoms with Crippen molar-refractivity contribution >= 4 is 35.8 Å². The molecule has 12 nitrogen and oxygen atoms in total. The van der Waals surface area contributed by atoms with Crippen molar-refractivity contribution in [3.05, 3.63) is 0 Å². The second-order valence-electron chi connectivity index (χ2n) is 16.2. The first kappa shape index (κ1) is 55.8. The second-order valence-corrected chi connectivity index (χ2v) is 16.2. The van der Waals surface area contributed by atoms with E-state index in [9.17, 15) is 28.8 Å². The van der Waals surface area contributed by atoms with Crippen molar-refractivity contribution in [2.45, 2.75) is 252 Å². The fourth-order valence-electron chi connectivity index (χ4n) is 7.25. The first-order valence-electron chi connectivity index (χ1n) is 23.4. The van der Waals surface area contributed by atoms with Crippen LogP contribution < -0.4 is 0 Å². The maximum Gasteiger partial charge on any atom is 0.305 e. The molecule has 0 bridgehead atoms. The summed E-state index contributed by atoms with van der Waals surface area (Å²) in [7, 11) is 0. The highest BCUT2D eigenvalue weighted by atomic mass is 16.6. The van der Waals surface area contributed by atoms with E-state index in [1.54, 1.807) is 0 Å². The molecule has 0 aliphatic carbocycles. The molecular weight excluding hydrogens is 757 g/mol. The van der Waals surface area contributed by atoms with Gasteiger partial charge in [-0.15, -0.1) is 0 Å². The van der Waals surface area contributed by atoms with Crippen LogP contribution in [0.1, 0.15) is 228 Å². The van der Waals surface area contributed by atoms with Gasteiger partial charge in [0.2, 0.25) is 0 Å². The summed E-state index contributed by atoms with van der Waals surface area (Å²) in [5, 5.41) is 0. The molecule has 0 N–H and O–H groups in total. The Bertz CT molecular complexity index is 1110. The standard InChI is InChI=1S/C47H84O12/c1-7-9-11-20-27-43(57-39(4)49)34-35-45(59-41(6)51)29-22-16-14-18-24-31-47(53)55-37-25-36-54-46(52)30-23-17-13-12-15-21-28-44(58-40(5)50)33-32-42(56-38(3)48)26-19-10-8-2/h42-45H,7-37H2,1-6H3. The lowest BCUT2D eigenvalue weighted by atomic mass is 10.00. The van der Waals surface area contributed by atoms with Crippen LogP contribution in [0.25, 0.3) is 0 Å². The third-order valence-electron chi connectivity index (χ3n) is 10.3. The van der Waals surface area contributed by atoms with Gasteiger partial charge >= 0.3 is 35.8 Å². The number of unbranched alkanes of at least 4 members (excludes halogenated alkanes) is 14. The Kier molecular flexibility index (Phi) is 36.9. The van der Waals surface area contributed by atoms with Gasteiger partial charge in [-0.05, 0) is 89.9 Å². The van der Waals surface area contributed by atoms with Gasteiger partial charge in [-0.25, -0.2) is 0 Å². The van der Waals surface area contributed by atoms with E-state index >= 15 is 0 Å². The molecule has 0 aliphatic heterocycles. The molecule has 0 amide bonds. The number of hydrogen-bond acceptors (Lipinski definition) is 12. The molecule has 0 radical (unpaired) electrons. The zero-order chi connectivity index (χ0) is 43.9. The average molecular weight is 841 g/mol. The molecule has 4 unspecified atom stereocenters. The fraction of sp³-hybridized carbons (Fsp3) is 0.872. The Morgan fingerprint density at radius 1 is 0.322 bits per heavy atom. The fourth-order valence-corrected chi connectivity index (χ4v) is 7.25. The Morgan fingerprint density at radius 3 is 0.881 bits per heavy atom. The van der Waals surface area contributed by atoms with Gasteiger partial charge in [-0.3, -0.25) is 28.8 Å². The number of carbonyl (C=O) groups excluding carboxylic acids is 6. The molecule has 0 saturated heterocycles. The van der Waals surface area contributed by atoms with Gasteiger partial charge in [0, 0.05) is 47.0 Å². The van der Waals surface area contributed by atoms with Gasteiger partial charge in [0.15, 0.2) is 0 Å². The zero-order valence-electron chi connectivity index (χ0n) is 38.1. The van der Waals surface area contributed by atoms with Crippen LogP contribution in [0, 0.1) is 0 Å². The molecule has 12 heteroatoms. The molecule has 0 fully saturated rings. The van der Waals surface area contributed by atoms with Crippen molar-refractivity contribution in [3.8, 4) is 0 Å². The number of ether oxygens (including phenoxy) is 6. The molecule has 0 aromatic carbocycles. The minimum absolute atomic E-state index is 0.134. The molecule has 0 aromatic heterocycles. The van der Waals surface area contributed by atoms with Crippen LogP contribution in [0.4, 0.5) is 0 Å². The monoisotopic (exact) mass is 841 g/mol. The lowest BCUT2D eigenvalue weighted by molar-refractivity contribution is -0.151. The molecular formula is C47H84O12. The van der Waals surface area contributed by atoms with Crippen LogP contribution in [-0.2, 0) is 57.2 Å². The van der Waals surface area contributed by atoms with Crippen molar-refractivity contribution in [2.75, 3.05) is 13.2 Å². The highest BCUT2D eigenvalue weighted by Gasteiger charge is 2.19. The summed E-state index contributed by atoms with van der Waals surface area (Å²) in [4.78, 5) is 70.7. The maximum absolute atomic E-state index is 12.1. The van der Waals surface area contributed by atoms with Crippen molar-refractivity contribution in [1.29, 1.82) is 0 Å². The minimum atomic E-state index is -0.295. The van der Waals surface area contributed by atoms with Crippen LogP contribution in [-0.4, -0.2) is 73.4 Å². The van der Waals surface area contributed by atoms with E-state index in [2.05, 4.69) is 13.8 Å². The van der Waals surface area contributed by atoms with Gasteiger partial charge in [0.1, 0.15) is 24.4 Å². The molecule has 0 saturated carbocycles. The predicted molar refractivity (Wildman–Crippen MR) is 229 cm³/mol. The van der Waals surface area contributed by atoms with E-state index in [1.165, 1.54) is 34.1 Å². The van der Waals surface area contributed by atoms with Gasteiger partial charge in [-0.2, -0.15) is 0 Å². The Labute approximate surface area is 357 Å². The number of hydrogen-bond donors (Lipinski definition) is 0. The Hall–Kier alpha value is -3.18. The van der Waals surface area contributed by atoms with E-state index in [0.717, 1.165) is 135 Å². The third kappa shape index (κ3) is 38.8. The molecule has 0 heterocycles. The smallest absolute Gasteiger partial charge is 0.305 e. The second kappa shape index (κ2) is 39.0. The quantitative estimate of drug-likeness (QED) is 0.0327. The van der Waals surface area contributed by atoms with E-state index in [-0.39, 0.29) is 73.4 Å². The van der Waals surface area contributed by atoms with E-state index in [0.29, 0.717) is 44.9 Å². The molecule has 4 atom stereocenters. The lowest BCUT2D eigenvalue weighted by Crippen LogP contribution is -2.22. The number of carbonyl (C=O) groups is 6. The SMILES string of the molecule is CCCCCCC(CCC(CCCCCCCC(=O)OCCCOC(=O)CCCCCCCCC(CCC(CCCCC)OC(C)=O)OC(C)=O)OC(C)=O)OC(C)=O. The van der Waals surface area contributed by atoms with E-state index in [4.69, 9.17) is 28.4 Å². The summed E-state index contributed by atoms with van der Waals surface area (Å²) in [5.74, 6) is -1.60. The molecule has 344 valence electrons. The highest BCUT2D eigenvalue weighted by Crippen LogP contribution is 2.21. The third-order valence-corrected chi connectivity index (χ3v) is 10.3. The van der Waals surface area contributed by atoms with Crippen LogP contribution >= 0.6 is 0 Å². The van der Waals surface area contributed by atoms with E-state index in [1.807, 2.05) is 0 Å². The first-order valence-corrected chi connectivity index (χ1v) is 23.4. The van der Waals surface area contributed by atoms with Gasteiger partial charge < -0.3 is 28.4 Å². The van der Waals surface area contributed by atoms with Crippen LogP contribution in [0.5, 0.6) is 0 Å². The summed E-state index contributed by atoms with van der Waals surface area (Å²) in [6.07, 6.45) is 24.4. The van der Waals surface area contributed by atoms with Crippen molar-refractivity contribution < 1.29 is 57.2 Å². The van der Waals surface area contributed by atoms with Gasteiger partial charge in [0.05, 0.1) is 13.2 Å². The average Bonchev–Trinajstić information content (AvgIpc) is 3.16. The zero-order valence-corrected chi connectivity index (χ0v) is 38.1. The summed E-state index contributed by atoms with van der Waals surface area (Å²) in [6.45, 7) is 10.5. The molecule has 0 spiro atoms. The molecule has 0 aliphatic rings. The number of rotatable bonds is 40. The van der Waals surface area contributed by atoms with E-state index < -0.39 is 0 Å². The van der Waals surface area contributed by atoms with Crippen LogP contribution in [0.2, 0.25) is 0 Å². The summed E-state index contributed by atoms with van der Waals surface area (Å²) >= 11 is 0. The predicted octanol–water partition coefficient (Wildman–Crippen LogP) is 11.2. The molecule has 59 heavy (non-hydrogen) atoms. The van der Waals surface area contributed by atoms with Gasteiger partial charge in [-0.1, -0.05) is 90.9 Å². The minimum Gasteiger partial charge on any atom is -0.466 e. The molecule has 0 rings (SSSR count). The van der Waals surface area contributed by atoms with Gasteiger partial charge in [0.25, 0.3) is 0 Å². The summed E-state index contributed by atoms with van der Waals surface area (Å²) in [5.41, 5.74) is 0.